The summed E-state index contributed by atoms with van der Waals surface area (Å²) in [5, 5.41) is 3.77. The SMILES string of the molecule is CC[N]C(=O)N(C)C1CC1. The highest BCUT2D eigenvalue weighted by Crippen LogP contribution is 2.25. The van der Waals surface area contributed by atoms with E-state index in [0.717, 1.165) is 12.8 Å². The molecule has 0 saturated heterocycles. The van der Waals surface area contributed by atoms with E-state index in [9.17, 15) is 4.79 Å². The van der Waals surface area contributed by atoms with Gasteiger partial charge in [0, 0.05) is 19.6 Å². The maximum absolute atomic E-state index is 11.0. The Balaban J connectivity index is 2.24. The average Bonchev–Trinajstić information content (AvgIpc) is 2.68. The van der Waals surface area contributed by atoms with Gasteiger partial charge in [-0.2, -0.15) is 0 Å². The van der Waals surface area contributed by atoms with Gasteiger partial charge in [0.1, 0.15) is 0 Å². The highest BCUT2D eigenvalue weighted by atomic mass is 16.2. The van der Waals surface area contributed by atoms with E-state index in [1.54, 1.807) is 4.90 Å². The van der Waals surface area contributed by atoms with Crippen molar-refractivity contribution in [1.82, 2.24) is 10.2 Å². The van der Waals surface area contributed by atoms with Crippen molar-refractivity contribution >= 4 is 6.03 Å². The third-order valence-electron chi connectivity index (χ3n) is 1.69. The second-order valence-electron chi connectivity index (χ2n) is 2.60. The molecule has 57 valence electrons. The Morgan fingerprint density at radius 2 is 2.30 bits per heavy atom. The molecule has 1 aliphatic carbocycles. The number of carbonyl (C=O) groups is 1. The lowest BCUT2D eigenvalue weighted by Crippen LogP contribution is -2.34. The second kappa shape index (κ2) is 2.90. The van der Waals surface area contributed by atoms with Crippen LogP contribution in [0.15, 0.2) is 0 Å². The predicted octanol–water partition coefficient (Wildman–Crippen LogP) is 0.825. The molecule has 1 aliphatic rings. The lowest BCUT2D eigenvalue weighted by Gasteiger charge is -2.13. The molecule has 2 amide bonds. The second-order valence-corrected chi connectivity index (χ2v) is 2.60. The van der Waals surface area contributed by atoms with Gasteiger partial charge in [-0.3, -0.25) is 0 Å². The van der Waals surface area contributed by atoms with Gasteiger partial charge in [-0.1, -0.05) is 0 Å². The van der Waals surface area contributed by atoms with Gasteiger partial charge in [-0.15, -0.1) is 0 Å². The van der Waals surface area contributed by atoms with E-state index in [2.05, 4.69) is 5.32 Å². The Labute approximate surface area is 61.4 Å². The topological polar surface area (TPSA) is 34.4 Å². The molecule has 0 unspecified atom stereocenters. The molecule has 0 aromatic carbocycles. The van der Waals surface area contributed by atoms with E-state index in [1.807, 2.05) is 14.0 Å². The summed E-state index contributed by atoms with van der Waals surface area (Å²) in [6, 6.07) is 0.424. The minimum absolute atomic E-state index is 0.0648. The molecular weight excluding hydrogens is 128 g/mol. The summed E-state index contributed by atoms with van der Waals surface area (Å²) in [5.74, 6) is 0. The first kappa shape index (κ1) is 7.38. The third-order valence-corrected chi connectivity index (χ3v) is 1.69. The summed E-state index contributed by atoms with van der Waals surface area (Å²) >= 11 is 0. The molecule has 1 rings (SSSR count). The summed E-state index contributed by atoms with van der Waals surface area (Å²) in [7, 11) is 1.82. The summed E-state index contributed by atoms with van der Waals surface area (Å²) < 4.78 is 0. The summed E-state index contributed by atoms with van der Waals surface area (Å²) in [5.41, 5.74) is 0. The van der Waals surface area contributed by atoms with Gasteiger partial charge >= 0.3 is 6.03 Å². The van der Waals surface area contributed by atoms with Gasteiger partial charge in [0.25, 0.3) is 0 Å². The standard InChI is InChI=1S/C7H13N2O/c1-3-8-7(10)9(2)6-4-5-6/h6H,3-5H2,1-2H3. The van der Waals surface area contributed by atoms with Crippen LogP contribution in [0.5, 0.6) is 0 Å². The first-order valence-electron chi connectivity index (χ1n) is 3.70. The summed E-state index contributed by atoms with van der Waals surface area (Å²) in [6.07, 6.45) is 2.31. The molecule has 1 fully saturated rings. The first-order valence-corrected chi connectivity index (χ1v) is 3.70. The van der Waals surface area contributed by atoms with Crippen LogP contribution in [-0.2, 0) is 0 Å². The smallest absolute Gasteiger partial charge is 0.323 e. The van der Waals surface area contributed by atoms with Gasteiger partial charge in [0.05, 0.1) is 0 Å². The molecule has 10 heavy (non-hydrogen) atoms. The van der Waals surface area contributed by atoms with Gasteiger partial charge < -0.3 is 4.90 Å². The molecule has 0 aromatic rings. The highest BCUT2D eigenvalue weighted by molar-refractivity contribution is 5.74. The minimum atomic E-state index is -0.0648. The first-order chi connectivity index (χ1) is 4.75. The molecule has 0 atom stereocenters. The van der Waals surface area contributed by atoms with Crippen molar-refractivity contribution in [3.8, 4) is 0 Å². The average molecular weight is 141 g/mol. The zero-order valence-electron chi connectivity index (χ0n) is 6.50. The molecule has 0 spiro atoms. The third kappa shape index (κ3) is 1.62. The van der Waals surface area contributed by atoms with Crippen LogP contribution in [0.1, 0.15) is 19.8 Å². The van der Waals surface area contributed by atoms with E-state index in [1.165, 1.54) is 0 Å². The number of hydrogen-bond acceptors (Lipinski definition) is 1. The fraction of sp³-hybridized carbons (Fsp3) is 0.857. The lowest BCUT2D eigenvalue weighted by molar-refractivity contribution is 0.206. The van der Waals surface area contributed by atoms with Crippen molar-refractivity contribution in [3.05, 3.63) is 0 Å². The van der Waals surface area contributed by atoms with Crippen molar-refractivity contribution in [3.63, 3.8) is 0 Å². The van der Waals surface area contributed by atoms with E-state index in [0.29, 0.717) is 12.6 Å². The fourth-order valence-electron chi connectivity index (χ4n) is 0.865. The van der Waals surface area contributed by atoms with E-state index in [4.69, 9.17) is 0 Å². The van der Waals surface area contributed by atoms with E-state index < -0.39 is 0 Å². The summed E-state index contributed by atoms with van der Waals surface area (Å²) in [6.45, 7) is 2.47. The number of hydrogen-bond donors (Lipinski definition) is 0. The maximum Gasteiger partial charge on any atom is 0.338 e. The van der Waals surface area contributed by atoms with Gasteiger partial charge in [-0.05, 0) is 19.8 Å². The molecular formula is C7H13N2O. The maximum atomic E-state index is 11.0. The van der Waals surface area contributed by atoms with Crippen LogP contribution in [0.25, 0.3) is 0 Å². The minimum Gasteiger partial charge on any atom is -0.323 e. The summed E-state index contributed by atoms with van der Waals surface area (Å²) in [4.78, 5) is 12.7. The number of urea groups is 1. The van der Waals surface area contributed by atoms with Crippen LogP contribution in [0.4, 0.5) is 4.79 Å². The van der Waals surface area contributed by atoms with Gasteiger partial charge in [0.15, 0.2) is 0 Å². The van der Waals surface area contributed by atoms with Crippen LogP contribution < -0.4 is 5.32 Å². The Hall–Kier alpha value is -0.730. The molecule has 0 aliphatic heterocycles. The zero-order chi connectivity index (χ0) is 7.56. The van der Waals surface area contributed by atoms with Crippen LogP contribution in [0.2, 0.25) is 0 Å². The number of rotatable bonds is 2. The highest BCUT2D eigenvalue weighted by Gasteiger charge is 2.29. The molecule has 3 nitrogen and oxygen atoms in total. The number of amides is 2. The number of nitrogens with zero attached hydrogens (tertiary/aromatic N) is 2. The van der Waals surface area contributed by atoms with Crippen molar-refractivity contribution in [2.45, 2.75) is 25.8 Å². The zero-order valence-corrected chi connectivity index (χ0v) is 6.50. The van der Waals surface area contributed by atoms with Crippen molar-refractivity contribution < 1.29 is 4.79 Å². The Morgan fingerprint density at radius 3 is 2.70 bits per heavy atom. The van der Waals surface area contributed by atoms with Gasteiger partial charge in [-0.25, -0.2) is 10.1 Å². The van der Waals surface area contributed by atoms with Crippen molar-refractivity contribution in [2.24, 2.45) is 0 Å². The number of carbonyl (C=O) groups excluding carboxylic acids is 1. The lowest BCUT2D eigenvalue weighted by atomic mass is 10.6. The molecule has 1 saturated carbocycles. The Bertz CT molecular complexity index is 132. The predicted molar refractivity (Wildman–Crippen MR) is 38.9 cm³/mol. The molecule has 3 heteroatoms. The quantitative estimate of drug-likeness (QED) is 0.560. The van der Waals surface area contributed by atoms with Crippen LogP contribution in [0.3, 0.4) is 0 Å². The normalized spacial score (nSPS) is 16.6. The van der Waals surface area contributed by atoms with Crippen LogP contribution in [0, 0.1) is 0 Å². The molecule has 0 N–H and O–H groups in total. The van der Waals surface area contributed by atoms with E-state index in [-0.39, 0.29) is 6.03 Å². The molecule has 0 heterocycles. The fourth-order valence-corrected chi connectivity index (χ4v) is 0.865. The van der Waals surface area contributed by atoms with Crippen molar-refractivity contribution in [2.75, 3.05) is 13.6 Å². The Morgan fingerprint density at radius 1 is 1.70 bits per heavy atom. The van der Waals surface area contributed by atoms with Crippen molar-refractivity contribution in [1.29, 1.82) is 0 Å². The van der Waals surface area contributed by atoms with Crippen LogP contribution in [-0.4, -0.2) is 30.6 Å². The largest absolute Gasteiger partial charge is 0.338 e. The molecule has 0 aromatic heterocycles. The van der Waals surface area contributed by atoms with Crippen LogP contribution >= 0.6 is 0 Å². The molecule has 1 radical (unpaired) electrons. The Kier molecular flexibility index (Phi) is 2.14. The monoisotopic (exact) mass is 141 g/mol. The van der Waals surface area contributed by atoms with E-state index >= 15 is 0 Å². The molecule has 0 bridgehead atoms. The van der Waals surface area contributed by atoms with Gasteiger partial charge in [0.2, 0.25) is 0 Å².